The quantitative estimate of drug-likeness (QED) is 0.898. The molecule has 1 aliphatic carbocycles. The van der Waals surface area contributed by atoms with Gasteiger partial charge < -0.3 is 10.2 Å². The molecule has 0 heterocycles. The minimum Gasteiger partial charge on any atom is -0.392 e. The normalized spacial score (nSPS) is 27.0. The Bertz CT molecular complexity index is 481. The van der Waals surface area contributed by atoms with Gasteiger partial charge in [-0.2, -0.15) is 0 Å². The number of rotatable bonds is 4. The zero-order valence-electron chi connectivity index (χ0n) is 13.7. The number of aliphatic hydroxyl groups excluding tert-OH is 2. The highest BCUT2D eigenvalue weighted by molar-refractivity contribution is 5.82. The number of hydrogen-bond donors (Lipinski definition) is 2. The summed E-state index contributed by atoms with van der Waals surface area (Å²) in [7, 11) is 0. The maximum Gasteiger partial charge on any atom is 0.141 e. The van der Waals surface area contributed by atoms with Crippen LogP contribution in [0, 0.1) is 11.3 Å². The van der Waals surface area contributed by atoms with Crippen molar-refractivity contribution in [3.05, 3.63) is 35.9 Å². The van der Waals surface area contributed by atoms with Crippen LogP contribution in [0.1, 0.15) is 51.5 Å². The zero-order chi connectivity index (χ0) is 16.2. The lowest BCUT2D eigenvalue weighted by Gasteiger charge is -2.34. The van der Waals surface area contributed by atoms with Crippen LogP contribution in [0.15, 0.2) is 30.3 Å². The molecule has 0 amide bonds. The van der Waals surface area contributed by atoms with Crippen molar-refractivity contribution in [3.63, 3.8) is 0 Å². The molecule has 0 radical (unpaired) electrons. The molecule has 2 rings (SSSR count). The Morgan fingerprint density at radius 3 is 2.64 bits per heavy atom. The largest absolute Gasteiger partial charge is 0.392 e. The molecule has 0 bridgehead atoms. The van der Waals surface area contributed by atoms with Crippen molar-refractivity contribution in [2.24, 2.45) is 11.3 Å². The molecule has 0 spiro atoms. The second-order valence-corrected chi connectivity index (χ2v) is 7.38. The van der Waals surface area contributed by atoms with Gasteiger partial charge in [-0.05, 0) is 36.7 Å². The first kappa shape index (κ1) is 17.2. The third kappa shape index (κ3) is 4.65. The highest BCUT2D eigenvalue weighted by Crippen LogP contribution is 2.35. The summed E-state index contributed by atoms with van der Waals surface area (Å²) in [5.74, 6) is -0.624. The maximum atomic E-state index is 12.5. The molecular weight excluding hydrogens is 276 g/mol. The van der Waals surface area contributed by atoms with Gasteiger partial charge in [-0.15, -0.1) is 0 Å². The third-order valence-electron chi connectivity index (χ3n) is 4.78. The minimum atomic E-state index is -0.767. The van der Waals surface area contributed by atoms with E-state index in [9.17, 15) is 15.0 Å². The van der Waals surface area contributed by atoms with Crippen LogP contribution in [0.25, 0.3) is 0 Å². The van der Waals surface area contributed by atoms with Crippen molar-refractivity contribution in [2.45, 2.75) is 64.6 Å². The van der Waals surface area contributed by atoms with E-state index in [0.29, 0.717) is 19.3 Å². The van der Waals surface area contributed by atoms with E-state index in [1.807, 2.05) is 30.3 Å². The smallest absolute Gasteiger partial charge is 0.141 e. The monoisotopic (exact) mass is 304 g/mol. The predicted octanol–water partition coefficient (Wildman–Crippen LogP) is 3.13. The van der Waals surface area contributed by atoms with Crippen molar-refractivity contribution >= 4 is 5.78 Å². The van der Waals surface area contributed by atoms with Crippen molar-refractivity contribution in [1.29, 1.82) is 0 Å². The van der Waals surface area contributed by atoms with Crippen LogP contribution in [0.3, 0.4) is 0 Å². The molecular formula is C19H28O3. The molecule has 1 aliphatic rings. The summed E-state index contributed by atoms with van der Waals surface area (Å²) in [5.41, 5.74) is 1.11. The van der Waals surface area contributed by atoms with Crippen LogP contribution in [0.4, 0.5) is 0 Å². The lowest BCUT2D eigenvalue weighted by Crippen LogP contribution is -2.41. The Labute approximate surface area is 133 Å². The fourth-order valence-electron chi connectivity index (χ4n) is 3.47. The summed E-state index contributed by atoms with van der Waals surface area (Å²) >= 11 is 0. The Balaban J connectivity index is 2.01. The van der Waals surface area contributed by atoms with Gasteiger partial charge in [-0.3, -0.25) is 4.79 Å². The first-order valence-electron chi connectivity index (χ1n) is 8.32. The van der Waals surface area contributed by atoms with Gasteiger partial charge in [0.05, 0.1) is 18.1 Å². The number of aryl methyl sites for hydroxylation is 1. The van der Waals surface area contributed by atoms with Crippen LogP contribution in [-0.4, -0.2) is 28.2 Å². The van der Waals surface area contributed by atoms with Gasteiger partial charge in [-0.25, -0.2) is 0 Å². The third-order valence-corrected chi connectivity index (χ3v) is 4.78. The van der Waals surface area contributed by atoms with E-state index in [4.69, 9.17) is 0 Å². The highest BCUT2D eigenvalue weighted by Gasteiger charge is 2.37. The van der Waals surface area contributed by atoms with Crippen molar-refractivity contribution in [1.82, 2.24) is 0 Å². The van der Waals surface area contributed by atoms with Crippen LogP contribution in [0.2, 0.25) is 0 Å². The fraction of sp³-hybridized carbons (Fsp3) is 0.632. The molecule has 0 aliphatic heterocycles. The van der Waals surface area contributed by atoms with Crippen molar-refractivity contribution < 1.29 is 15.0 Å². The van der Waals surface area contributed by atoms with E-state index in [-0.39, 0.29) is 11.2 Å². The van der Waals surface area contributed by atoms with Gasteiger partial charge in [0.1, 0.15) is 5.78 Å². The maximum absolute atomic E-state index is 12.5. The van der Waals surface area contributed by atoms with Gasteiger partial charge in [-0.1, -0.05) is 50.6 Å². The molecule has 2 N–H and O–H groups in total. The summed E-state index contributed by atoms with van der Waals surface area (Å²) < 4.78 is 0. The number of benzene rings is 1. The number of Topliss-reactive ketones (excluding diaryl/α,β-unsaturated/α-hetero) is 1. The fourth-order valence-corrected chi connectivity index (χ4v) is 3.47. The summed E-state index contributed by atoms with van der Waals surface area (Å²) in [6, 6.07) is 9.95. The van der Waals surface area contributed by atoms with E-state index in [1.165, 1.54) is 0 Å². The first-order valence-corrected chi connectivity index (χ1v) is 8.32. The molecule has 0 unspecified atom stereocenters. The second kappa shape index (κ2) is 7.38. The van der Waals surface area contributed by atoms with Crippen LogP contribution in [-0.2, 0) is 11.2 Å². The van der Waals surface area contributed by atoms with E-state index >= 15 is 0 Å². The average molecular weight is 304 g/mol. The van der Waals surface area contributed by atoms with Gasteiger partial charge in [0.2, 0.25) is 0 Å². The Morgan fingerprint density at radius 1 is 1.27 bits per heavy atom. The highest BCUT2D eigenvalue weighted by atomic mass is 16.3. The summed E-state index contributed by atoms with van der Waals surface area (Å²) in [6.07, 6.45) is 2.65. The number of ketones is 1. The molecule has 22 heavy (non-hydrogen) atoms. The topological polar surface area (TPSA) is 57.5 Å². The summed E-state index contributed by atoms with van der Waals surface area (Å²) in [6.45, 7) is 4.19. The number of carbonyl (C=O) groups is 1. The molecule has 1 fully saturated rings. The zero-order valence-corrected chi connectivity index (χ0v) is 13.7. The molecule has 1 aromatic carbocycles. The van der Waals surface area contributed by atoms with E-state index in [1.54, 1.807) is 0 Å². The number of aliphatic hydroxyl groups is 2. The second-order valence-electron chi connectivity index (χ2n) is 7.38. The predicted molar refractivity (Wildman–Crippen MR) is 87.5 cm³/mol. The average Bonchev–Trinajstić information content (AvgIpc) is 2.44. The lowest BCUT2D eigenvalue weighted by atomic mass is 9.73. The van der Waals surface area contributed by atoms with Crippen molar-refractivity contribution in [3.8, 4) is 0 Å². The standard InChI is InChI=1S/C19H28O3/c1-19(2)12-6-9-15(20)18(17(22)13-19)16(21)11-10-14-7-4-3-5-8-14/h3-5,7-8,15-16,18,20-21H,6,9-13H2,1-2H3/t15-,16-,18-/m1/s1. The molecule has 0 aromatic heterocycles. The number of carbonyl (C=O) groups excluding carboxylic acids is 1. The Kier molecular flexibility index (Phi) is 5.76. The molecule has 0 saturated heterocycles. The van der Waals surface area contributed by atoms with Crippen LogP contribution < -0.4 is 0 Å². The molecule has 122 valence electrons. The van der Waals surface area contributed by atoms with Crippen LogP contribution >= 0.6 is 0 Å². The van der Waals surface area contributed by atoms with E-state index < -0.39 is 18.1 Å². The summed E-state index contributed by atoms with van der Waals surface area (Å²) in [4.78, 5) is 12.5. The summed E-state index contributed by atoms with van der Waals surface area (Å²) in [5, 5.41) is 20.8. The molecule has 1 saturated carbocycles. The molecule has 1 aromatic rings. The van der Waals surface area contributed by atoms with Crippen LogP contribution in [0.5, 0.6) is 0 Å². The Morgan fingerprint density at radius 2 is 1.95 bits per heavy atom. The van der Waals surface area contributed by atoms with Gasteiger partial charge in [0.25, 0.3) is 0 Å². The van der Waals surface area contributed by atoms with Gasteiger partial charge >= 0.3 is 0 Å². The van der Waals surface area contributed by atoms with Gasteiger partial charge in [0, 0.05) is 6.42 Å². The van der Waals surface area contributed by atoms with Gasteiger partial charge in [0.15, 0.2) is 0 Å². The molecule has 3 nitrogen and oxygen atoms in total. The van der Waals surface area contributed by atoms with Crippen molar-refractivity contribution in [2.75, 3.05) is 0 Å². The number of hydrogen-bond acceptors (Lipinski definition) is 3. The first-order chi connectivity index (χ1) is 10.4. The molecule has 3 atom stereocenters. The Hall–Kier alpha value is -1.19. The minimum absolute atomic E-state index is 0.0118. The SMILES string of the molecule is CC1(C)CCC[C@@H](O)[C@H]([C@H](O)CCc2ccccc2)C(=O)C1. The van der Waals surface area contributed by atoms with E-state index in [2.05, 4.69) is 13.8 Å². The molecule has 3 heteroatoms. The van der Waals surface area contributed by atoms with E-state index in [0.717, 1.165) is 24.8 Å². The lowest BCUT2D eigenvalue weighted by molar-refractivity contribution is -0.135.